The predicted molar refractivity (Wildman–Crippen MR) is 106 cm³/mol. The van der Waals surface area contributed by atoms with E-state index in [1.807, 2.05) is 32.9 Å². The van der Waals surface area contributed by atoms with Crippen molar-refractivity contribution in [1.29, 1.82) is 0 Å². The number of likely N-dealkylation sites (tertiary alicyclic amines) is 1. The van der Waals surface area contributed by atoms with E-state index in [0.29, 0.717) is 12.3 Å². The number of methoxy groups -OCH3 is 1. The molecule has 1 aliphatic heterocycles. The predicted octanol–water partition coefficient (Wildman–Crippen LogP) is 4.84. The maximum absolute atomic E-state index is 12.8. The zero-order chi connectivity index (χ0) is 19.8. The van der Waals surface area contributed by atoms with Crippen molar-refractivity contribution in [1.82, 2.24) is 4.90 Å². The molecule has 0 N–H and O–H groups in total. The Kier molecular flexibility index (Phi) is 5.65. The summed E-state index contributed by atoms with van der Waals surface area (Å²) in [5.41, 5.74) is 2.76. The molecule has 3 rings (SSSR count). The Bertz CT molecular complexity index is 781. The molecular formula is C21H26BrNO4. The van der Waals surface area contributed by atoms with Crippen LogP contribution in [-0.2, 0) is 20.7 Å². The third kappa shape index (κ3) is 4.37. The van der Waals surface area contributed by atoms with Crippen LogP contribution in [0.15, 0.2) is 40.0 Å². The van der Waals surface area contributed by atoms with Crippen LogP contribution in [-0.4, -0.2) is 35.7 Å². The molecule has 0 aromatic heterocycles. The van der Waals surface area contributed by atoms with E-state index in [1.165, 1.54) is 23.1 Å². The molecule has 0 saturated heterocycles. The van der Waals surface area contributed by atoms with Crippen LogP contribution in [0, 0.1) is 5.92 Å². The minimum Gasteiger partial charge on any atom is -0.467 e. The molecule has 0 radical (unpaired) electrons. The van der Waals surface area contributed by atoms with E-state index < -0.39 is 23.7 Å². The van der Waals surface area contributed by atoms with Gasteiger partial charge in [-0.2, -0.15) is 0 Å². The van der Waals surface area contributed by atoms with Crippen LogP contribution >= 0.6 is 15.9 Å². The summed E-state index contributed by atoms with van der Waals surface area (Å²) in [6, 6.07) is 7.65. The first-order valence-electron chi connectivity index (χ1n) is 9.26. The van der Waals surface area contributed by atoms with Gasteiger partial charge in [-0.05, 0) is 69.2 Å². The Morgan fingerprint density at radius 1 is 1.30 bits per heavy atom. The molecule has 0 spiro atoms. The minimum atomic E-state index is -0.625. The van der Waals surface area contributed by atoms with Gasteiger partial charge in [0.15, 0.2) is 0 Å². The Morgan fingerprint density at radius 2 is 2.04 bits per heavy atom. The Balaban J connectivity index is 1.85. The number of rotatable bonds is 3. The lowest BCUT2D eigenvalue weighted by molar-refractivity contribution is -0.145. The summed E-state index contributed by atoms with van der Waals surface area (Å²) in [6.45, 7) is 5.48. The molecule has 2 aliphatic rings. The third-order valence-corrected chi connectivity index (χ3v) is 5.54. The molecule has 0 saturated carbocycles. The van der Waals surface area contributed by atoms with Gasteiger partial charge in [0.25, 0.3) is 0 Å². The molecule has 0 bridgehead atoms. The van der Waals surface area contributed by atoms with Crippen molar-refractivity contribution in [2.75, 3.05) is 7.11 Å². The number of esters is 1. The summed E-state index contributed by atoms with van der Waals surface area (Å²) >= 11 is 3.52. The summed E-state index contributed by atoms with van der Waals surface area (Å²) in [4.78, 5) is 26.7. The van der Waals surface area contributed by atoms with Crippen LogP contribution < -0.4 is 0 Å². The fraction of sp³-hybridized carbons (Fsp3) is 0.524. The lowest BCUT2D eigenvalue weighted by Gasteiger charge is -2.29. The Labute approximate surface area is 168 Å². The lowest BCUT2D eigenvalue weighted by Crippen LogP contribution is -2.44. The van der Waals surface area contributed by atoms with Crippen molar-refractivity contribution < 1.29 is 19.1 Å². The minimum absolute atomic E-state index is 0.328. The van der Waals surface area contributed by atoms with E-state index in [1.54, 1.807) is 0 Å². The highest BCUT2D eigenvalue weighted by Crippen LogP contribution is 2.45. The van der Waals surface area contributed by atoms with E-state index >= 15 is 0 Å². The van der Waals surface area contributed by atoms with Crippen molar-refractivity contribution in [3.8, 4) is 0 Å². The maximum atomic E-state index is 12.8. The summed E-state index contributed by atoms with van der Waals surface area (Å²) < 4.78 is 11.6. The molecule has 6 heteroatoms. The molecule has 2 atom stereocenters. The molecule has 0 fully saturated rings. The SMILES string of the molecule is COC(=O)C1CC2=C(CCC2Cc2cccc(Br)c2)N1C(=O)OC(C)(C)C. The second kappa shape index (κ2) is 7.66. The monoisotopic (exact) mass is 435 g/mol. The lowest BCUT2D eigenvalue weighted by atomic mass is 9.90. The van der Waals surface area contributed by atoms with Crippen LogP contribution in [0.2, 0.25) is 0 Å². The highest BCUT2D eigenvalue weighted by atomic mass is 79.9. The van der Waals surface area contributed by atoms with Gasteiger partial charge in [-0.25, -0.2) is 9.59 Å². The van der Waals surface area contributed by atoms with Crippen molar-refractivity contribution in [2.24, 2.45) is 5.92 Å². The highest BCUT2D eigenvalue weighted by molar-refractivity contribution is 9.10. The van der Waals surface area contributed by atoms with Crippen molar-refractivity contribution in [3.63, 3.8) is 0 Å². The number of carbonyl (C=O) groups is 2. The summed E-state index contributed by atoms with van der Waals surface area (Å²) in [5, 5.41) is 0. The normalized spacial score (nSPS) is 22.0. The fourth-order valence-electron chi connectivity index (χ4n) is 3.98. The van der Waals surface area contributed by atoms with Gasteiger partial charge in [-0.3, -0.25) is 4.90 Å². The molecular weight excluding hydrogens is 410 g/mol. The second-order valence-corrected chi connectivity index (χ2v) is 9.05. The van der Waals surface area contributed by atoms with Gasteiger partial charge in [-0.15, -0.1) is 0 Å². The zero-order valence-electron chi connectivity index (χ0n) is 16.3. The van der Waals surface area contributed by atoms with Crippen molar-refractivity contribution in [3.05, 3.63) is 45.6 Å². The maximum Gasteiger partial charge on any atom is 0.415 e. The summed E-state index contributed by atoms with van der Waals surface area (Å²) in [5.74, 6) is -0.0645. The largest absolute Gasteiger partial charge is 0.467 e. The van der Waals surface area contributed by atoms with Crippen LogP contribution in [0.3, 0.4) is 0 Å². The quantitative estimate of drug-likeness (QED) is 0.637. The van der Waals surface area contributed by atoms with Crippen LogP contribution in [0.5, 0.6) is 0 Å². The van der Waals surface area contributed by atoms with E-state index in [0.717, 1.165) is 29.4 Å². The number of halogens is 1. The molecule has 1 amide bonds. The van der Waals surface area contributed by atoms with Gasteiger partial charge in [-0.1, -0.05) is 28.1 Å². The molecule has 27 heavy (non-hydrogen) atoms. The first kappa shape index (κ1) is 19.9. The third-order valence-electron chi connectivity index (χ3n) is 5.04. The van der Waals surface area contributed by atoms with Crippen LogP contribution in [0.4, 0.5) is 4.79 Å². The van der Waals surface area contributed by atoms with Gasteiger partial charge in [0.2, 0.25) is 0 Å². The van der Waals surface area contributed by atoms with Crippen LogP contribution in [0.1, 0.15) is 45.6 Å². The number of carbonyl (C=O) groups excluding carboxylic acids is 2. The van der Waals surface area contributed by atoms with Crippen molar-refractivity contribution in [2.45, 2.75) is 58.1 Å². The average molecular weight is 436 g/mol. The second-order valence-electron chi connectivity index (χ2n) is 8.14. The van der Waals surface area contributed by atoms with E-state index in [2.05, 4.69) is 28.1 Å². The van der Waals surface area contributed by atoms with E-state index in [-0.39, 0.29) is 0 Å². The van der Waals surface area contributed by atoms with Gasteiger partial charge in [0.05, 0.1) is 7.11 Å². The van der Waals surface area contributed by atoms with Gasteiger partial charge in [0.1, 0.15) is 11.6 Å². The number of nitrogens with zero attached hydrogens (tertiary/aromatic N) is 1. The fourth-order valence-corrected chi connectivity index (χ4v) is 4.42. The number of hydrogen-bond donors (Lipinski definition) is 0. The number of amides is 1. The smallest absolute Gasteiger partial charge is 0.415 e. The Morgan fingerprint density at radius 3 is 2.67 bits per heavy atom. The topological polar surface area (TPSA) is 55.8 Å². The standard InChI is InChI=1S/C21H26BrNO4/c1-21(2,3)27-20(25)23-17-9-8-14(10-13-6-5-7-15(22)11-13)16(17)12-18(23)19(24)26-4/h5-7,11,14,18H,8-10,12H2,1-4H3. The van der Waals surface area contributed by atoms with Gasteiger partial charge < -0.3 is 9.47 Å². The molecule has 1 aliphatic carbocycles. The molecule has 1 aromatic carbocycles. The molecule has 1 aromatic rings. The molecule has 146 valence electrons. The number of hydrogen-bond acceptors (Lipinski definition) is 4. The molecule has 2 unspecified atom stereocenters. The highest BCUT2D eigenvalue weighted by Gasteiger charge is 2.46. The Hall–Kier alpha value is -1.82. The number of ether oxygens (including phenoxy) is 2. The van der Waals surface area contributed by atoms with Crippen molar-refractivity contribution >= 4 is 28.0 Å². The zero-order valence-corrected chi connectivity index (χ0v) is 17.8. The number of allylic oxidation sites excluding steroid dienone is 1. The molecule has 5 nitrogen and oxygen atoms in total. The first-order chi connectivity index (χ1) is 12.7. The van der Waals surface area contributed by atoms with E-state index in [4.69, 9.17) is 9.47 Å². The van der Waals surface area contributed by atoms with E-state index in [9.17, 15) is 9.59 Å². The van der Waals surface area contributed by atoms with Gasteiger partial charge in [0, 0.05) is 16.6 Å². The summed E-state index contributed by atoms with van der Waals surface area (Å²) in [7, 11) is 1.36. The molecule has 1 heterocycles. The first-order valence-corrected chi connectivity index (χ1v) is 10.1. The summed E-state index contributed by atoms with van der Waals surface area (Å²) in [6.07, 6.45) is 2.71. The average Bonchev–Trinajstić information content (AvgIpc) is 3.12. The van der Waals surface area contributed by atoms with Gasteiger partial charge >= 0.3 is 12.1 Å². The number of benzene rings is 1. The van der Waals surface area contributed by atoms with Crippen LogP contribution in [0.25, 0.3) is 0 Å².